The Morgan fingerprint density at radius 1 is 0.824 bits per heavy atom. The SMILES string of the molecule is CC(=O)N([Si](C)(C)C)[Si](C)(C)C.C[Si](C)(C)Cl. The first-order chi connectivity index (χ1) is 7.07. The van der Waals surface area contributed by atoms with Crippen molar-refractivity contribution in [2.45, 2.75) is 65.8 Å². The van der Waals surface area contributed by atoms with Gasteiger partial charge in [0.1, 0.15) is 23.9 Å². The first-order valence-electron chi connectivity index (χ1n) is 6.06. The number of rotatable bonds is 2. The molecule has 0 fully saturated rings. The van der Waals surface area contributed by atoms with Gasteiger partial charge >= 0.3 is 0 Å². The number of carbonyl (C=O) groups excluding carboxylic acids is 1. The molecular formula is C11H30ClNOSi3. The zero-order chi connectivity index (χ0) is 14.7. The molecule has 0 saturated heterocycles. The highest BCUT2D eigenvalue weighted by atomic mass is 35.6. The summed E-state index contributed by atoms with van der Waals surface area (Å²) in [6, 6.07) is 0. The molecule has 17 heavy (non-hydrogen) atoms. The van der Waals surface area contributed by atoms with Crippen LogP contribution in [0.2, 0.25) is 58.9 Å². The van der Waals surface area contributed by atoms with E-state index in [-0.39, 0.29) is 5.91 Å². The number of carbonyl (C=O) groups is 1. The first-order valence-corrected chi connectivity index (χ1v) is 17.5. The van der Waals surface area contributed by atoms with Gasteiger partial charge in [-0.05, 0) is 0 Å². The van der Waals surface area contributed by atoms with Gasteiger partial charge in [0, 0.05) is 6.92 Å². The van der Waals surface area contributed by atoms with Gasteiger partial charge in [0.05, 0.1) is 0 Å². The highest BCUT2D eigenvalue weighted by Crippen LogP contribution is 2.19. The van der Waals surface area contributed by atoms with Crippen molar-refractivity contribution >= 4 is 40.8 Å². The van der Waals surface area contributed by atoms with E-state index in [4.69, 9.17) is 11.1 Å². The van der Waals surface area contributed by atoms with Gasteiger partial charge in [-0.2, -0.15) is 11.1 Å². The lowest BCUT2D eigenvalue weighted by atomic mass is 10.8. The van der Waals surface area contributed by atoms with Crippen LogP contribution in [0.3, 0.4) is 0 Å². The molecule has 0 radical (unpaired) electrons. The van der Waals surface area contributed by atoms with Gasteiger partial charge < -0.3 is 4.23 Å². The normalized spacial score (nSPS) is 12.6. The third kappa shape index (κ3) is 12.7. The summed E-state index contributed by atoms with van der Waals surface area (Å²) in [6.45, 7) is 21.3. The average Bonchev–Trinajstić information content (AvgIpc) is 1.69. The fourth-order valence-electron chi connectivity index (χ4n) is 1.95. The molecule has 0 aliphatic rings. The zero-order valence-corrected chi connectivity index (χ0v) is 17.0. The quantitative estimate of drug-likeness (QED) is 0.540. The first kappa shape index (κ1) is 19.7. The Hall–Kier alpha value is 0.411. The van der Waals surface area contributed by atoms with Crippen LogP contribution in [-0.2, 0) is 4.79 Å². The molecule has 6 heteroatoms. The predicted molar refractivity (Wildman–Crippen MR) is 88.4 cm³/mol. The third-order valence-corrected chi connectivity index (χ3v) is 8.99. The van der Waals surface area contributed by atoms with Crippen molar-refractivity contribution < 1.29 is 4.79 Å². The van der Waals surface area contributed by atoms with Crippen LogP contribution in [0.1, 0.15) is 6.92 Å². The molecule has 0 rings (SSSR count). The minimum atomic E-state index is -1.44. The second-order valence-electron chi connectivity index (χ2n) is 7.26. The summed E-state index contributed by atoms with van der Waals surface area (Å²) in [5.74, 6) is 0.258. The molecule has 0 spiro atoms. The molecule has 0 N–H and O–H groups in total. The van der Waals surface area contributed by atoms with Crippen molar-refractivity contribution in [1.82, 2.24) is 4.23 Å². The number of amides is 1. The van der Waals surface area contributed by atoms with Crippen molar-refractivity contribution in [2.75, 3.05) is 0 Å². The maximum atomic E-state index is 11.4. The topological polar surface area (TPSA) is 20.3 Å². The van der Waals surface area contributed by atoms with Crippen LogP contribution < -0.4 is 0 Å². The maximum absolute atomic E-state index is 11.4. The van der Waals surface area contributed by atoms with Crippen molar-refractivity contribution in [3.05, 3.63) is 0 Å². The van der Waals surface area contributed by atoms with E-state index in [9.17, 15) is 4.79 Å². The summed E-state index contributed by atoms with van der Waals surface area (Å²) in [6.07, 6.45) is 0. The van der Waals surface area contributed by atoms with Crippen LogP contribution in [0, 0.1) is 0 Å². The van der Waals surface area contributed by atoms with E-state index >= 15 is 0 Å². The molecule has 0 aromatic carbocycles. The number of hydrogen-bond donors (Lipinski definition) is 0. The molecule has 0 atom stereocenters. The summed E-state index contributed by atoms with van der Waals surface area (Å²) >= 11 is 5.67. The molecule has 0 unspecified atom stereocenters. The van der Waals surface area contributed by atoms with Gasteiger partial charge in [0.2, 0.25) is 5.91 Å². The zero-order valence-electron chi connectivity index (χ0n) is 13.2. The number of nitrogens with zero attached hydrogens (tertiary/aromatic N) is 1. The van der Waals surface area contributed by atoms with E-state index < -0.39 is 23.9 Å². The van der Waals surface area contributed by atoms with Crippen LogP contribution in [0.15, 0.2) is 0 Å². The van der Waals surface area contributed by atoms with Gasteiger partial charge in [-0.3, -0.25) is 4.79 Å². The summed E-state index contributed by atoms with van der Waals surface area (Å²) in [5.41, 5.74) is 0. The highest BCUT2D eigenvalue weighted by molar-refractivity contribution is 7.18. The monoisotopic (exact) mass is 311 g/mol. The Morgan fingerprint density at radius 3 is 1.00 bits per heavy atom. The lowest BCUT2D eigenvalue weighted by molar-refractivity contribution is -0.122. The van der Waals surface area contributed by atoms with Gasteiger partial charge in [-0.1, -0.05) is 58.9 Å². The van der Waals surface area contributed by atoms with E-state index in [1.54, 1.807) is 6.92 Å². The molecule has 0 aliphatic heterocycles. The predicted octanol–water partition coefficient (Wildman–Crippen LogP) is 4.56. The molecule has 0 aliphatic carbocycles. The lowest BCUT2D eigenvalue weighted by Gasteiger charge is -2.43. The van der Waals surface area contributed by atoms with Crippen LogP contribution in [-0.4, -0.2) is 34.0 Å². The summed E-state index contributed by atoms with van der Waals surface area (Å²) in [4.78, 5) is 11.4. The molecule has 0 aromatic rings. The van der Waals surface area contributed by atoms with Gasteiger partial charge in [0.15, 0.2) is 0 Å². The average molecular weight is 312 g/mol. The van der Waals surface area contributed by atoms with E-state index in [0.717, 1.165) is 0 Å². The molecule has 1 amide bonds. The fourth-order valence-corrected chi connectivity index (χ4v) is 11.9. The summed E-state index contributed by atoms with van der Waals surface area (Å²) in [5, 5.41) is 0. The van der Waals surface area contributed by atoms with E-state index in [1.807, 2.05) is 0 Å². The van der Waals surface area contributed by atoms with E-state index in [0.29, 0.717) is 0 Å². The molecule has 104 valence electrons. The lowest BCUT2D eigenvalue weighted by Crippen LogP contribution is -2.61. The van der Waals surface area contributed by atoms with Crippen molar-refractivity contribution in [1.29, 1.82) is 0 Å². The van der Waals surface area contributed by atoms with Gasteiger partial charge in [0.25, 0.3) is 0 Å². The minimum Gasteiger partial charge on any atom is -0.396 e. The Kier molecular flexibility index (Phi) is 7.60. The van der Waals surface area contributed by atoms with Gasteiger partial charge in [-0.25, -0.2) is 0 Å². The van der Waals surface area contributed by atoms with E-state index in [2.05, 4.69) is 63.2 Å². The summed E-state index contributed by atoms with van der Waals surface area (Å²) in [7, 11) is -4.02. The maximum Gasteiger partial charge on any atom is 0.203 e. The molecule has 0 heterocycles. The number of halogens is 1. The number of hydrogen-bond acceptors (Lipinski definition) is 1. The van der Waals surface area contributed by atoms with Crippen molar-refractivity contribution in [3.63, 3.8) is 0 Å². The molecular weight excluding hydrogens is 282 g/mol. The smallest absolute Gasteiger partial charge is 0.203 e. The van der Waals surface area contributed by atoms with Crippen LogP contribution >= 0.6 is 11.1 Å². The third-order valence-electron chi connectivity index (χ3n) is 1.66. The van der Waals surface area contributed by atoms with E-state index in [1.165, 1.54) is 0 Å². The fraction of sp³-hybridized carbons (Fsp3) is 0.909. The molecule has 0 bridgehead atoms. The highest BCUT2D eigenvalue weighted by Gasteiger charge is 2.35. The Labute approximate surface area is 116 Å². The van der Waals surface area contributed by atoms with Crippen molar-refractivity contribution in [2.24, 2.45) is 0 Å². The second-order valence-corrected chi connectivity index (χ2v) is 24.8. The Balaban J connectivity index is 0. The standard InChI is InChI=1S/C8H21NOSi2.C3H9ClSi/c1-8(10)9(11(2,3)4)12(5,6)7;1-5(2,3)4/h1-7H3;1-3H3. The van der Waals surface area contributed by atoms with Crippen molar-refractivity contribution in [3.8, 4) is 0 Å². The Bertz CT molecular complexity index is 231. The van der Waals surface area contributed by atoms with Gasteiger partial charge in [-0.15, -0.1) is 0 Å². The van der Waals surface area contributed by atoms with Crippen LogP contribution in [0.5, 0.6) is 0 Å². The Morgan fingerprint density at radius 2 is 1.00 bits per heavy atom. The minimum absolute atomic E-state index is 0.258. The molecule has 0 saturated carbocycles. The second kappa shape index (κ2) is 6.54. The van der Waals surface area contributed by atoms with Crippen LogP contribution in [0.4, 0.5) is 0 Å². The van der Waals surface area contributed by atoms with Crippen LogP contribution in [0.25, 0.3) is 0 Å². The molecule has 0 aromatic heterocycles. The molecule has 2 nitrogen and oxygen atoms in total. The summed E-state index contributed by atoms with van der Waals surface area (Å²) < 4.78 is 2.18. The largest absolute Gasteiger partial charge is 0.396 e.